The van der Waals surface area contributed by atoms with E-state index in [1.54, 1.807) is 44.4 Å². The highest BCUT2D eigenvalue weighted by molar-refractivity contribution is 6.06. The molecule has 1 aliphatic heterocycles. The van der Waals surface area contributed by atoms with Gasteiger partial charge in [-0.1, -0.05) is 0 Å². The van der Waals surface area contributed by atoms with Crippen LogP contribution in [-0.2, 0) is 0 Å². The predicted molar refractivity (Wildman–Crippen MR) is 100 cm³/mol. The Hall–Kier alpha value is -2.69. The van der Waals surface area contributed by atoms with Gasteiger partial charge < -0.3 is 19.3 Å². The summed E-state index contributed by atoms with van der Waals surface area (Å²) in [5, 5.41) is 0. The summed E-state index contributed by atoms with van der Waals surface area (Å²) in [4.78, 5) is 16.8. The maximum absolute atomic E-state index is 12.8. The molecule has 0 atom stereocenters. The number of benzene rings is 2. The Morgan fingerprint density at radius 1 is 0.960 bits per heavy atom. The summed E-state index contributed by atoms with van der Waals surface area (Å²) < 4.78 is 10.5. The number of rotatable bonds is 5. The maximum Gasteiger partial charge on any atom is 0.258 e. The molecule has 25 heavy (non-hydrogen) atoms. The molecule has 5 heteroatoms. The van der Waals surface area contributed by atoms with Crippen LogP contribution in [0.15, 0.2) is 42.5 Å². The van der Waals surface area contributed by atoms with Crippen molar-refractivity contribution in [1.29, 1.82) is 0 Å². The first-order chi connectivity index (χ1) is 12.1. The SMILES string of the molecule is COc1ccc(C(=O)N(C)c2ccc(N3CCCC3)cc2)cc1OC. The van der Waals surface area contributed by atoms with E-state index in [1.807, 2.05) is 12.1 Å². The number of amides is 1. The van der Waals surface area contributed by atoms with E-state index in [1.165, 1.54) is 18.5 Å². The molecule has 1 heterocycles. The Labute approximate surface area is 148 Å². The lowest BCUT2D eigenvalue weighted by Gasteiger charge is -2.21. The van der Waals surface area contributed by atoms with Gasteiger partial charge in [0.1, 0.15) is 0 Å². The van der Waals surface area contributed by atoms with Crippen molar-refractivity contribution in [1.82, 2.24) is 0 Å². The summed E-state index contributed by atoms with van der Waals surface area (Å²) >= 11 is 0. The Morgan fingerprint density at radius 2 is 1.60 bits per heavy atom. The van der Waals surface area contributed by atoms with E-state index >= 15 is 0 Å². The monoisotopic (exact) mass is 340 g/mol. The summed E-state index contributed by atoms with van der Waals surface area (Å²) in [5.74, 6) is 1.07. The van der Waals surface area contributed by atoms with Crippen LogP contribution in [0, 0.1) is 0 Å². The molecule has 1 fully saturated rings. The van der Waals surface area contributed by atoms with Crippen LogP contribution in [0.25, 0.3) is 0 Å². The highest BCUT2D eigenvalue weighted by atomic mass is 16.5. The van der Waals surface area contributed by atoms with Crippen molar-refractivity contribution in [3.05, 3.63) is 48.0 Å². The number of anilines is 2. The first-order valence-corrected chi connectivity index (χ1v) is 8.49. The molecule has 2 aromatic rings. The van der Waals surface area contributed by atoms with Crippen LogP contribution >= 0.6 is 0 Å². The third-order valence-electron chi connectivity index (χ3n) is 4.64. The van der Waals surface area contributed by atoms with Gasteiger partial charge in [-0.3, -0.25) is 4.79 Å². The minimum Gasteiger partial charge on any atom is -0.493 e. The van der Waals surface area contributed by atoms with E-state index < -0.39 is 0 Å². The lowest BCUT2D eigenvalue weighted by atomic mass is 10.1. The van der Waals surface area contributed by atoms with Gasteiger partial charge in [-0.25, -0.2) is 0 Å². The quantitative estimate of drug-likeness (QED) is 0.834. The average molecular weight is 340 g/mol. The maximum atomic E-state index is 12.8. The molecule has 1 aliphatic rings. The lowest BCUT2D eigenvalue weighted by Crippen LogP contribution is -2.26. The van der Waals surface area contributed by atoms with Crippen molar-refractivity contribution in [3.8, 4) is 11.5 Å². The van der Waals surface area contributed by atoms with E-state index in [9.17, 15) is 4.79 Å². The highest BCUT2D eigenvalue weighted by Crippen LogP contribution is 2.29. The molecule has 0 saturated carbocycles. The van der Waals surface area contributed by atoms with Gasteiger partial charge in [-0.15, -0.1) is 0 Å². The number of methoxy groups -OCH3 is 2. The normalized spacial score (nSPS) is 13.6. The van der Waals surface area contributed by atoms with Crippen LogP contribution in [0.3, 0.4) is 0 Å². The second kappa shape index (κ2) is 7.47. The minimum atomic E-state index is -0.0881. The molecule has 0 bridgehead atoms. The first-order valence-electron chi connectivity index (χ1n) is 8.49. The molecule has 2 aromatic carbocycles. The largest absolute Gasteiger partial charge is 0.493 e. The van der Waals surface area contributed by atoms with Crippen LogP contribution in [0.5, 0.6) is 11.5 Å². The third-order valence-corrected chi connectivity index (χ3v) is 4.64. The van der Waals surface area contributed by atoms with Gasteiger partial charge in [0, 0.05) is 37.1 Å². The second-order valence-corrected chi connectivity index (χ2v) is 6.14. The molecular formula is C20H24N2O3. The summed E-state index contributed by atoms with van der Waals surface area (Å²) in [6.45, 7) is 2.22. The van der Waals surface area contributed by atoms with Gasteiger partial charge in [0.25, 0.3) is 5.91 Å². The van der Waals surface area contributed by atoms with E-state index in [0.29, 0.717) is 17.1 Å². The zero-order valence-electron chi connectivity index (χ0n) is 15.0. The summed E-state index contributed by atoms with van der Waals surface area (Å²) in [7, 11) is 4.92. The van der Waals surface area contributed by atoms with Crippen LogP contribution in [-0.4, -0.2) is 40.3 Å². The second-order valence-electron chi connectivity index (χ2n) is 6.14. The molecule has 0 aromatic heterocycles. The van der Waals surface area contributed by atoms with Crippen LogP contribution in [0.1, 0.15) is 23.2 Å². The summed E-state index contributed by atoms with van der Waals surface area (Å²) in [6.07, 6.45) is 2.50. The number of nitrogens with zero attached hydrogens (tertiary/aromatic N) is 2. The highest BCUT2D eigenvalue weighted by Gasteiger charge is 2.17. The zero-order valence-corrected chi connectivity index (χ0v) is 15.0. The standard InChI is InChI=1S/C20H24N2O3/c1-21(16-7-9-17(10-8-16)22-12-4-5-13-22)20(23)15-6-11-18(24-2)19(14-15)25-3/h6-11,14H,4-5,12-13H2,1-3H3. The lowest BCUT2D eigenvalue weighted by molar-refractivity contribution is 0.0992. The molecule has 1 amide bonds. The Balaban J connectivity index is 1.77. The van der Waals surface area contributed by atoms with Crippen molar-refractivity contribution in [2.45, 2.75) is 12.8 Å². The predicted octanol–water partition coefficient (Wildman–Crippen LogP) is 3.58. The third kappa shape index (κ3) is 3.55. The number of hydrogen-bond acceptors (Lipinski definition) is 4. The van der Waals surface area contributed by atoms with Crippen molar-refractivity contribution >= 4 is 17.3 Å². The van der Waals surface area contributed by atoms with Crippen LogP contribution in [0.4, 0.5) is 11.4 Å². The fourth-order valence-corrected chi connectivity index (χ4v) is 3.14. The Bertz CT molecular complexity index is 737. The van der Waals surface area contributed by atoms with Gasteiger partial charge in [0.2, 0.25) is 0 Å². The number of ether oxygens (including phenoxy) is 2. The molecular weight excluding hydrogens is 316 g/mol. The van der Waals surface area contributed by atoms with Crippen LogP contribution < -0.4 is 19.3 Å². The summed E-state index contributed by atoms with van der Waals surface area (Å²) in [6, 6.07) is 13.3. The smallest absolute Gasteiger partial charge is 0.258 e. The first kappa shape index (κ1) is 17.1. The fraction of sp³-hybridized carbons (Fsp3) is 0.350. The molecule has 3 rings (SSSR count). The fourth-order valence-electron chi connectivity index (χ4n) is 3.14. The molecule has 1 saturated heterocycles. The van der Waals surface area contributed by atoms with Gasteiger partial charge >= 0.3 is 0 Å². The molecule has 0 radical (unpaired) electrons. The molecule has 0 spiro atoms. The van der Waals surface area contributed by atoms with Gasteiger partial charge in [-0.2, -0.15) is 0 Å². The van der Waals surface area contributed by atoms with Gasteiger partial charge in [0.05, 0.1) is 14.2 Å². The van der Waals surface area contributed by atoms with Crippen LogP contribution in [0.2, 0.25) is 0 Å². The zero-order chi connectivity index (χ0) is 17.8. The van der Waals surface area contributed by atoms with Gasteiger partial charge in [0.15, 0.2) is 11.5 Å². The van der Waals surface area contributed by atoms with E-state index in [-0.39, 0.29) is 5.91 Å². The molecule has 0 N–H and O–H groups in total. The Morgan fingerprint density at radius 3 is 2.20 bits per heavy atom. The molecule has 0 unspecified atom stereocenters. The van der Waals surface area contributed by atoms with Gasteiger partial charge in [-0.05, 0) is 55.3 Å². The van der Waals surface area contributed by atoms with E-state index in [0.717, 1.165) is 18.8 Å². The summed E-state index contributed by atoms with van der Waals surface area (Å²) in [5.41, 5.74) is 2.64. The number of hydrogen-bond donors (Lipinski definition) is 0. The molecule has 5 nitrogen and oxygen atoms in total. The van der Waals surface area contributed by atoms with Crippen molar-refractivity contribution < 1.29 is 14.3 Å². The van der Waals surface area contributed by atoms with Crippen molar-refractivity contribution in [3.63, 3.8) is 0 Å². The molecule has 132 valence electrons. The molecule has 0 aliphatic carbocycles. The number of carbonyl (C=O) groups excluding carboxylic acids is 1. The van der Waals surface area contributed by atoms with Crippen molar-refractivity contribution in [2.75, 3.05) is 44.2 Å². The number of carbonyl (C=O) groups is 1. The minimum absolute atomic E-state index is 0.0881. The van der Waals surface area contributed by atoms with Crippen molar-refractivity contribution in [2.24, 2.45) is 0 Å². The Kier molecular flexibility index (Phi) is 5.12. The van der Waals surface area contributed by atoms with E-state index in [2.05, 4.69) is 17.0 Å². The average Bonchev–Trinajstić information content (AvgIpc) is 3.21. The topological polar surface area (TPSA) is 42.0 Å². The van der Waals surface area contributed by atoms with E-state index in [4.69, 9.17) is 9.47 Å².